The summed E-state index contributed by atoms with van der Waals surface area (Å²) in [7, 11) is -4.52. The van der Waals surface area contributed by atoms with Crippen LogP contribution in [0.3, 0.4) is 0 Å². The maximum atomic E-state index is 13.4. The average Bonchev–Trinajstić information content (AvgIpc) is 2.68. The van der Waals surface area contributed by atoms with Crippen molar-refractivity contribution in [2.45, 2.75) is 31.2 Å². The van der Waals surface area contributed by atoms with Crippen LogP contribution in [0.25, 0.3) is 0 Å². The Morgan fingerprint density at radius 2 is 1.19 bits per heavy atom. The molecule has 0 aliphatic heterocycles. The predicted molar refractivity (Wildman–Crippen MR) is 100.0 cm³/mol. The van der Waals surface area contributed by atoms with Gasteiger partial charge in [0.1, 0.15) is 0 Å². The van der Waals surface area contributed by atoms with E-state index in [0.29, 0.717) is 13.0 Å². The summed E-state index contributed by atoms with van der Waals surface area (Å²) < 4.78 is 69.7. The molecule has 0 aromatic rings. The van der Waals surface area contributed by atoms with Crippen molar-refractivity contribution >= 4 is 22.8 Å². The molecule has 0 amide bonds. The summed E-state index contributed by atoms with van der Waals surface area (Å²) in [6.45, 7) is 2.29. The molecule has 10 nitrogen and oxygen atoms in total. The Morgan fingerprint density at radius 3 is 1.50 bits per heavy atom. The topological polar surface area (TPSA) is 119 Å². The van der Waals surface area contributed by atoms with Gasteiger partial charge in [-0.1, -0.05) is 13.3 Å². The predicted octanol–water partition coefficient (Wildman–Crippen LogP) is 3.88. The summed E-state index contributed by atoms with van der Waals surface area (Å²) in [5.74, 6) is 0. The van der Waals surface area contributed by atoms with E-state index in [4.69, 9.17) is 27.1 Å². The summed E-state index contributed by atoms with van der Waals surface area (Å²) in [6.07, 6.45) is 1.07. The Bertz CT molecular complexity index is 507. The van der Waals surface area contributed by atoms with E-state index >= 15 is 0 Å². The van der Waals surface area contributed by atoms with E-state index in [-0.39, 0.29) is 12.6 Å². The Balaban J connectivity index is 6.32. The second kappa shape index (κ2) is 11.4. The molecule has 0 radical (unpaired) electrons. The molecule has 0 saturated carbocycles. The van der Waals surface area contributed by atoms with E-state index in [9.17, 15) is 13.7 Å². The summed E-state index contributed by atoms with van der Waals surface area (Å²) in [4.78, 5) is 0. The highest BCUT2D eigenvalue weighted by atomic mass is 31.2. The average molecular weight is 439 g/mol. The second-order valence-electron chi connectivity index (χ2n) is 5.27. The first-order valence-electron chi connectivity index (χ1n) is 8.02. The standard InChI is InChI=1S/C13H32NO9P3/c1-8-9-11-14-13(25(16,20-4)21-5,26(17,22-6)23-7)10-12-24(15,18-2)19-3/h14H,8-12H2,1-7H3. The van der Waals surface area contributed by atoms with Crippen molar-refractivity contribution in [3.63, 3.8) is 0 Å². The Kier molecular flexibility index (Phi) is 11.6. The van der Waals surface area contributed by atoms with Gasteiger partial charge < -0.3 is 27.1 Å². The molecule has 0 unspecified atom stereocenters. The van der Waals surface area contributed by atoms with Crippen molar-refractivity contribution in [3.8, 4) is 0 Å². The van der Waals surface area contributed by atoms with Crippen molar-refractivity contribution < 1.29 is 40.8 Å². The lowest BCUT2D eigenvalue weighted by Crippen LogP contribution is -2.47. The van der Waals surface area contributed by atoms with Crippen LogP contribution in [0.2, 0.25) is 0 Å². The lowest BCUT2D eigenvalue weighted by Gasteiger charge is -2.41. The second-order valence-corrected chi connectivity index (χ2v) is 13.0. The monoisotopic (exact) mass is 439 g/mol. The molecule has 0 aliphatic rings. The zero-order chi connectivity index (χ0) is 20.5. The fraction of sp³-hybridized carbons (Fsp3) is 1.00. The molecule has 0 atom stereocenters. The molecular weight excluding hydrogens is 407 g/mol. The molecule has 158 valence electrons. The highest BCUT2D eigenvalue weighted by Gasteiger charge is 2.64. The van der Waals surface area contributed by atoms with Crippen LogP contribution < -0.4 is 5.32 Å². The number of rotatable bonds is 15. The van der Waals surface area contributed by atoms with Gasteiger partial charge in [0.15, 0.2) is 0 Å². The molecule has 26 heavy (non-hydrogen) atoms. The summed E-state index contributed by atoms with van der Waals surface area (Å²) in [6, 6.07) is 0. The third-order valence-corrected chi connectivity index (χ3v) is 11.9. The van der Waals surface area contributed by atoms with Crippen molar-refractivity contribution in [2.75, 3.05) is 55.4 Å². The van der Waals surface area contributed by atoms with E-state index in [1.54, 1.807) is 0 Å². The quantitative estimate of drug-likeness (QED) is 0.297. The molecule has 13 heteroatoms. The molecule has 0 fully saturated rings. The van der Waals surface area contributed by atoms with Gasteiger partial charge >= 0.3 is 22.8 Å². The van der Waals surface area contributed by atoms with Gasteiger partial charge in [-0.2, -0.15) is 0 Å². The van der Waals surface area contributed by atoms with Gasteiger partial charge in [0.25, 0.3) is 0 Å². The summed E-state index contributed by atoms with van der Waals surface area (Å²) in [5, 5.41) is 1.09. The smallest absolute Gasteiger partial charge is 0.312 e. The molecule has 0 heterocycles. The molecule has 0 spiro atoms. The van der Waals surface area contributed by atoms with E-state index in [0.717, 1.165) is 6.42 Å². The summed E-state index contributed by atoms with van der Waals surface area (Å²) >= 11 is 0. The van der Waals surface area contributed by atoms with E-state index in [1.807, 2.05) is 6.92 Å². The first kappa shape index (κ1) is 26.4. The zero-order valence-corrected chi connectivity index (χ0v) is 19.2. The number of nitrogens with one attached hydrogen (secondary N) is 1. The fourth-order valence-corrected chi connectivity index (χ4v) is 9.02. The first-order valence-corrected chi connectivity index (χ1v) is 12.8. The highest BCUT2D eigenvalue weighted by molar-refractivity contribution is 7.74. The summed E-state index contributed by atoms with van der Waals surface area (Å²) in [5.41, 5.74) is 0. The Hall–Kier alpha value is 0.410. The maximum absolute atomic E-state index is 13.4. The van der Waals surface area contributed by atoms with Crippen LogP contribution in [0.4, 0.5) is 0 Å². The first-order chi connectivity index (χ1) is 12.1. The van der Waals surface area contributed by atoms with Crippen LogP contribution in [0.15, 0.2) is 0 Å². The third-order valence-electron chi connectivity index (χ3n) is 4.10. The van der Waals surface area contributed by atoms with Crippen LogP contribution in [0, 0.1) is 0 Å². The molecule has 0 aliphatic carbocycles. The minimum absolute atomic E-state index is 0.216. The van der Waals surface area contributed by atoms with E-state index in [1.165, 1.54) is 42.7 Å². The van der Waals surface area contributed by atoms with Crippen LogP contribution >= 0.6 is 22.8 Å². The van der Waals surface area contributed by atoms with E-state index < -0.39 is 27.8 Å². The van der Waals surface area contributed by atoms with Crippen LogP contribution in [-0.4, -0.2) is 60.4 Å². The normalized spacial score (nSPS) is 14.0. The highest BCUT2D eigenvalue weighted by Crippen LogP contribution is 2.77. The van der Waals surface area contributed by atoms with Gasteiger partial charge in [-0.05, 0) is 13.0 Å². The molecular formula is C13H32NO9P3. The zero-order valence-electron chi connectivity index (χ0n) is 16.6. The van der Waals surface area contributed by atoms with Gasteiger partial charge in [-0.25, -0.2) is 0 Å². The van der Waals surface area contributed by atoms with Crippen LogP contribution in [0.5, 0.6) is 0 Å². The van der Waals surface area contributed by atoms with Crippen LogP contribution in [0.1, 0.15) is 26.2 Å². The molecule has 0 aromatic heterocycles. The fourth-order valence-electron chi connectivity index (χ4n) is 2.47. The lowest BCUT2D eigenvalue weighted by molar-refractivity contribution is 0.208. The van der Waals surface area contributed by atoms with Crippen molar-refractivity contribution in [1.82, 2.24) is 5.32 Å². The van der Waals surface area contributed by atoms with Gasteiger partial charge in [0, 0.05) is 49.1 Å². The van der Waals surface area contributed by atoms with Crippen molar-refractivity contribution in [2.24, 2.45) is 0 Å². The Morgan fingerprint density at radius 1 is 0.769 bits per heavy atom. The van der Waals surface area contributed by atoms with Crippen molar-refractivity contribution in [1.29, 1.82) is 0 Å². The molecule has 1 N–H and O–H groups in total. The third kappa shape index (κ3) is 5.48. The van der Waals surface area contributed by atoms with Gasteiger partial charge in [-0.15, -0.1) is 0 Å². The van der Waals surface area contributed by atoms with Gasteiger partial charge in [0.2, 0.25) is 5.02 Å². The molecule has 0 aromatic carbocycles. The molecule has 0 rings (SSSR count). The minimum Gasteiger partial charge on any atom is -0.312 e. The lowest BCUT2D eigenvalue weighted by atomic mass is 10.3. The Labute approximate surface area is 156 Å². The number of hydrogen-bond acceptors (Lipinski definition) is 10. The largest absolute Gasteiger partial charge is 0.362 e. The molecule has 0 saturated heterocycles. The SMILES string of the molecule is CCCCNC(CCP(=O)(OC)OC)(P(=O)(OC)OC)P(=O)(OC)OC. The van der Waals surface area contributed by atoms with Crippen molar-refractivity contribution in [3.05, 3.63) is 0 Å². The maximum Gasteiger partial charge on any atom is 0.362 e. The number of hydrogen-bond donors (Lipinski definition) is 1. The van der Waals surface area contributed by atoms with Gasteiger partial charge in [-0.3, -0.25) is 19.0 Å². The van der Waals surface area contributed by atoms with Gasteiger partial charge in [0.05, 0.1) is 6.16 Å². The molecule has 0 bridgehead atoms. The van der Waals surface area contributed by atoms with Crippen LogP contribution in [-0.2, 0) is 40.8 Å². The number of unbranched alkanes of at least 4 members (excludes halogenated alkanes) is 1. The minimum atomic E-state index is -4.08. The van der Waals surface area contributed by atoms with E-state index in [2.05, 4.69) is 5.32 Å².